The molecule has 214 valence electrons. The molecule has 2 aromatic carbocycles. The van der Waals surface area contributed by atoms with Crippen LogP contribution in [0.4, 0.5) is 22.7 Å². The van der Waals surface area contributed by atoms with Crippen LogP contribution in [-0.4, -0.2) is 54.8 Å². The minimum atomic E-state index is -4.04. The van der Waals surface area contributed by atoms with Crippen molar-refractivity contribution in [2.24, 2.45) is 23.2 Å². The second kappa shape index (κ2) is 9.99. The van der Waals surface area contributed by atoms with E-state index < -0.39 is 20.6 Å². The highest BCUT2D eigenvalue weighted by atomic mass is 32.2. The lowest BCUT2D eigenvalue weighted by Crippen LogP contribution is -2.53. The highest BCUT2D eigenvalue weighted by Crippen LogP contribution is 2.61. The fraction of sp³-hybridized carbons (Fsp3) is 0.571. The van der Waals surface area contributed by atoms with Crippen molar-refractivity contribution in [2.45, 2.75) is 56.4 Å². The van der Waals surface area contributed by atoms with Crippen molar-refractivity contribution in [3.8, 4) is 0 Å². The molecule has 2 aromatic rings. The lowest BCUT2D eigenvalue weighted by molar-refractivity contribution is -0.387. The van der Waals surface area contributed by atoms with Crippen molar-refractivity contribution in [3.63, 3.8) is 0 Å². The third-order valence-corrected chi connectivity index (χ3v) is 11.8. The molecule has 0 amide bonds. The van der Waals surface area contributed by atoms with Gasteiger partial charge in [-0.3, -0.25) is 20.2 Å². The third-order valence-electron chi connectivity index (χ3n) is 9.84. The van der Waals surface area contributed by atoms with Crippen LogP contribution in [0.5, 0.6) is 0 Å². The van der Waals surface area contributed by atoms with Crippen molar-refractivity contribution in [1.82, 2.24) is 4.31 Å². The fourth-order valence-corrected chi connectivity index (χ4v) is 9.82. The summed E-state index contributed by atoms with van der Waals surface area (Å²) in [7, 11) is -4.04. The first-order chi connectivity index (χ1) is 19.1. The number of nitro groups is 2. The number of hydrogen-bond donors (Lipinski definition) is 1. The SMILES string of the molecule is CC(Nc1cc(N2CCN(S(=O)(=O)c3ccccc3[N+](=O)[O-])CC2)ccc1[N+](=O)[O-])C12CC3CC(CC(C3)C1)C2. The Hall–Kier alpha value is -3.25. The second-order valence-electron chi connectivity index (χ2n) is 12.2. The predicted molar refractivity (Wildman–Crippen MR) is 151 cm³/mol. The Balaban J connectivity index is 1.19. The molecule has 1 saturated heterocycles. The number of sulfonamides is 1. The number of benzene rings is 2. The normalized spacial score (nSPS) is 28.8. The number of piperazine rings is 1. The first-order valence-electron chi connectivity index (χ1n) is 14.1. The highest BCUT2D eigenvalue weighted by Gasteiger charge is 2.53. The summed E-state index contributed by atoms with van der Waals surface area (Å²) < 4.78 is 27.7. The van der Waals surface area contributed by atoms with Crippen molar-refractivity contribution >= 4 is 32.8 Å². The Morgan fingerprint density at radius 3 is 2.02 bits per heavy atom. The van der Waals surface area contributed by atoms with E-state index in [1.807, 2.05) is 11.0 Å². The van der Waals surface area contributed by atoms with E-state index >= 15 is 0 Å². The van der Waals surface area contributed by atoms with Gasteiger partial charge in [0.15, 0.2) is 4.90 Å². The molecule has 1 N–H and O–H groups in total. The largest absolute Gasteiger partial charge is 0.376 e. The maximum absolute atomic E-state index is 13.2. The van der Waals surface area contributed by atoms with Crippen LogP contribution in [0.2, 0.25) is 0 Å². The van der Waals surface area contributed by atoms with Gasteiger partial charge in [0.2, 0.25) is 10.0 Å². The van der Waals surface area contributed by atoms with E-state index in [9.17, 15) is 28.6 Å². The number of para-hydroxylation sites is 1. The van der Waals surface area contributed by atoms with Crippen LogP contribution in [0, 0.1) is 43.4 Å². The molecule has 4 bridgehead atoms. The van der Waals surface area contributed by atoms with E-state index in [0.717, 1.165) is 23.4 Å². The number of rotatable bonds is 8. The van der Waals surface area contributed by atoms with E-state index in [4.69, 9.17) is 0 Å². The van der Waals surface area contributed by atoms with Gasteiger partial charge in [-0.1, -0.05) is 12.1 Å². The number of anilines is 2. The Morgan fingerprint density at radius 2 is 1.45 bits per heavy atom. The zero-order valence-corrected chi connectivity index (χ0v) is 23.4. The maximum Gasteiger partial charge on any atom is 0.292 e. The lowest BCUT2D eigenvalue weighted by Gasteiger charge is -2.59. The van der Waals surface area contributed by atoms with Gasteiger partial charge in [-0.2, -0.15) is 4.31 Å². The summed E-state index contributed by atoms with van der Waals surface area (Å²) in [6, 6.07) is 10.6. The summed E-state index contributed by atoms with van der Waals surface area (Å²) in [6.07, 6.45) is 7.58. The average Bonchev–Trinajstić information content (AvgIpc) is 2.92. The van der Waals surface area contributed by atoms with E-state index in [0.29, 0.717) is 18.8 Å². The standard InChI is InChI=1S/C28H35N5O6S/c1-19(28-16-20-12-21(17-28)14-22(13-20)18-28)29-24-15-23(6-7-25(24)32(34)35)30-8-10-31(11-9-30)40(38,39)27-5-3-2-4-26(27)33(36)37/h2-7,15,19-22,29H,8-14,16-18H2,1H3. The molecule has 11 nitrogen and oxygen atoms in total. The summed E-state index contributed by atoms with van der Waals surface area (Å²) in [5.74, 6) is 2.34. The van der Waals surface area contributed by atoms with Crippen LogP contribution in [0.25, 0.3) is 0 Å². The third kappa shape index (κ3) is 4.70. The van der Waals surface area contributed by atoms with Gasteiger partial charge in [-0.05, 0) is 86.8 Å². The van der Waals surface area contributed by atoms with Crippen LogP contribution in [0.3, 0.4) is 0 Å². The van der Waals surface area contributed by atoms with E-state index in [1.54, 1.807) is 6.07 Å². The van der Waals surface area contributed by atoms with E-state index in [1.165, 1.54) is 73.2 Å². The van der Waals surface area contributed by atoms with Gasteiger partial charge >= 0.3 is 0 Å². The topological polar surface area (TPSA) is 139 Å². The summed E-state index contributed by atoms with van der Waals surface area (Å²) in [5, 5.41) is 26.9. The fourth-order valence-electron chi connectivity index (χ4n) is 8.24. The van der Waals surface area contributed by atoms with Crippen LogP contribution < -0.4 is 10.2 Å². The summed E-state index contributed by atoms with van der Waals surface area (Å²) in [6.45, 7) is 3.20. The van der Waals surface area contributed by atoms with Gasteiger partial charge < -0.3 is 10.2 Å². The Bertz CT molecular complexity index is 1400. The molecule has 4 saturated carbocycles. The molecule has 5 fully saturated rings. The Kier molecular flexibility index (Phi) is 6.73. The molecule has 5 aliphatic rings. The molecule has 1 aliphatic heterocycles. The average molecular weight is 570 g/mol. The smallest absolute Gasteiger partial charge is 0.292 e. The quantitative estimate of drug-likeness (QED) is 0.345. The molecule has 1 atom stereocenters. The monoisotopic (exact) mass is 569 g/mol. The zero-order valence-electron chi connectivity index (χ0n) is 22.6. The van der Waals surface area contributed by atoms with Gasteiger partial charge in [-0.25, -0.2) is 8.42 Å². The highest BCUT2D eigenvalue weighted by molar-refractivity contribution is 7.89. The molecule has 1 heterocycles. The van der Waals surface area contributed by atoms with E-state index in [-0.39, 0.29) is 40.1 Å². The molecule has 4 aliphatic carbocycles. The molecule has 1 unspecified atom stereocenters. The van der Waals surface area contributed by atoms with Crippen molar-refractivity contribution in [1.29, 1.82) is 0 Å². The lowest BCUT2D eigenvalue weighted by atomic mass is 9.48. The zero-order chi connectivity index (χ0) is 28.2. The van der Waals surface area contributed by atoms with Gasteiger partial charge in [0.1, 0.15) is 5.69 Å². The van der Waals surface area contributed by atoms with Gasteiger partial charge in [-0.15, -0.1) is 0 Å². The number of nitrogens with zero attached hydrogens (tertiary/aromatic N) is 4. The van der Waals surface area contributed by atoms with E-state index in [2.05, 4.69) is 12.2 Å². The molecule has 40 heavy (non-hydrogen) atoms. The molecule has 0 radical (unpaired) electrons. The molecular weight excluding hydrogens is 534 g/mol. The first-order valence-corrected chi connectivity index (χ1v) is 15.5. The number of hydrogen-bond acceptors (Lipinski definition) is 8. The summed E-state index contributed by atoms with van der Waals surface area (Å²) in [5.41, 5.74) is 1.06. The Morgan fingerprint density at radius 1 is 0.875 bits per heavy atom. The van der Waals surface area contributed by atoms with Gasteiger partial charge in [0.25, 0.3) is 11.4 Å². The van der Waals surface area contributed by atoms with Crippen LogP contribution >= 0.6 is 0 Å². The predicted octanol–water partition coefficient (Wildman–Crippen LogP) is 5.03. The first kappa shape index (κ1) is 26.9. The van der Waals surface area contributed by atoms with Crippen LogP contribution in [0.15, 0.2) is 47.4 Å². The molecular formula is C28H35N5O6S. The molecule has 12 heteroatoms. The summed E-state index contributed by atoms with van der Waals surface area (Å²) in [4.78, 5) is 24.0. The van der Waals surface area contributed by atoms with Crippen molar-refractivity contribution in [3.05, 3.63) is 62.7 Å². The molecule has 7 rings (SSSR count). The second-order valence-corrected chi connectivity index (χ2v) is 14.1. The van der Waals surface area contributed by atoms with Crippen LogP contribution in [-0.2, 0) is 10.0 Å². The number of nitrogens with one attached hydrogen (secondary N) is 1. The Labute approximate surface area is 233 Å². The van der Waals surface area contributed by atoms with Gasteiger partial charge in [0.05, 0.1) is 9.85 Å². The van der Waals surface area contributed by atoms with Crippen molar-refractivity contribution in [2.75, 3.05) is 36.4 Å². The molecule has 0 spiro atoms. The minimum Gasteiger partial charge on any atom is -0.376 e. The minimum absolute atomic E-state index is 0.0397. The maximum atomic E-state index is 13.2. The summed E-state index contributed by atoms with van der Waals surface area (Å²) >= 11 is 0. The van der Waals surface area contributed by atoms with Crippen molar-refractivity contribution < 1.29 is 18.3 Å². The van der Waals surface area contributed by atoms with Crippen LogP contribution in [0.1, 0.15) is 45.4 Å². The molecule has 0 aromatic heterocycles. The van der Waals surface area contributed by atoms with Gasteiger partial charge in [0, 0.05) is 50.0 Å². The number of nitro benzene ring substituents is 2.